The van der Waals surface area contributed by atoms with E-state index in [0.29, 0.717) is 6.42 Å². The Labute approximate surface area is 169 Å². The first-order valence-electron chi connectivity index (χ1n) is 10.1. The standard InChI is InChI=1S/C20H28N6O3/c1-19(25-18(28)15-12-21-5-6-22-15)14-20(29-13-16(19)27)3-10-26(11-4-20)9-2-17-23-7-8-24-17/h5-8,12,16,27H,2-4,9-11,13-14H2,1H3,(H,23,24)(H,25,28)/t16-,19-/m1/s1. The van der Waals surface area contributed by atoms with Gasteiger partial charge in [0.15, 0.2) is 0 Å². The molecule has 156 valence electrons. The molecule has 1 spiro atoms. The second-order valence-electron chi connectivity index (χ2n) is 8.28. The number of hydrogen-bond donors (Lipinski definition) is 3. The molecule has 2 aromatic rings. The van der Waals surface area contributed by atoms with Crippen molar-refractivity contribution in [2.24, 2.45) is 0 Å². The maximum Gasteiger partial charge on any atom is 0.271 e. The van der Waals surface area contributed by atoms with Crippen molar-refractivity contribution < 1.29 is 14.6 Å². The van der Waals surface area contributed by atoms with Crippen LogP contribution in [0.3, 0.4) is 0 Å². The predicted octanol–water partition coefficient (Wildman–Crippen LogP) is 0.547. The van der Waals surface area contributed by atoms with E-state index in [0.717, 1.165) is 44.7 Å². The molecule has 2 saturated heterocycles. The van der Waals surface area contributed by atoms with Gasteiger partial charge in [-0.1, -0.05) is 0 Å². The zero-order valence-corrected chi connectivity index (χ0v) is 16.7. The third-order valence-electron chi connectivity index (χ3n) is 6.15. The monoisotopic (exact) mass is 400 g/mol. The number of amides is 1. The summed E-state index contributed by atoms with van der Waals surface area (Å²) in [6.45, 7) is 4.89. The first-order chi connectivity index (χ1) is 14.0. The minimum atomic E-state index is -0.775. The smallest absolute Gasteiger partial charge is 0.271 e. The molecule has 0 unspecified atom stereocenters. The lowest BCUT2D eigenvalue weighted by molar-refractivity contribution is -0.177. The second-order valence-corrected chi connectivity index (χ2v) is 8.28. The average molecular weight is 400 g/mol. The molecule has 0 radical (unpaired) electrons. The number of imidazole rings is 1. The summed E-state index contributed by atoms with van der Waals surface area (Å²) in [4.78, 5) is 30.4. The van der Waals surface area contributed by atoms with Crippen LogP contribution in [0.15, 0.2) is 31.0 Å². The third-order valence-corrected chi connectivity index (χ3v) is 6.15. The first-order valence-corrected chi connectivity index (χ1v) is 10.1. The van der Waals surface area contributed by atoms with Crippen molar-refractivity contribution >= 4 is 5.91 Å². The first kappa shape index (κ1) is 19.9. The Bertz CT molecular complexity index is 807. The van der Waals surface area contributed by atoms with Gasteiger partial charge in [0.25, 0.3) is 5.91 Å². The number of nitrogens with one attached hydrogen (secondary N) is 2. The van der Waals surface area contributed by atoms with E-state index in [1.165, 1.54) is 18.6 Å². The number of carbonyl (C=O) groups excluding carboxylic acids is 1. The highest BCUT2D eigenvalue weighted by Gasteiger charge is 2.50. The number of carbonyl (C=O) groups is 1. The van der Waals surface area contributed by atoms with Crippen molar-refractivity contribution in [3.8, 4) is 0 Å². The van der Waals surface area contributed by atoms with Crippen LogP contribution in [-0.2, 0) is 11.2 Å². The highest BCUT2D eigenvalue weighted by molar-refractivity contribution is 5.92. The molecule has 2 aliphatic rings. The molecule has 4 heterocycles. The van der Waals surface area contributed by atoms with E-state index in [1.54, 1.807) is 6.20 Å². The van der Waals surface area contributed by atoms with Crippen LogP contribution in [0.4, 0.5) is 0 Å². The Kier molecular flexibility index (Phi) is 5.62. The lowest BCUT2D eigenvalue weighted by Crippen LogP contribution is -2.65. The van der Waals surface area contributed by atoms with Gasteiger partial charge >= 0.3 is 0 Å². The fourth-order valence-corrected chi connectivity index (χ4v) is 4.35. The van der Waals surface area contributed by atoms with Gasteiger partial charge in [-0.2, -0.15) is 0 Å². The zero-order chi connectivity index (χ0) is 20.3. The van der Waals surface area contributed by atoms with Crippen molar-refractivity contribution in [2.45, 2.75) is 49.9 Å². The summed E-state index contributed by atoms with van der Waals surface area (Å²) in [6.07, 6.45) is 10.5. The minimum absolute atomic E-state index is 0.212. The molecule has 0 bridgehead atoms. The molecular formula is C20H28N6O3. The van der Waals surface area contributed by atoms with Gasteiger partial charge in [-0.3, -0.25) is 9.78 Å². The number of aliphatic hydroxyl groups is 1. The van der Waals surface area contributed by atoms with E-state index in [1.807, 2.05) is 13.1 Å². The highest BCUT2D eigenvalue weighted by Crippen LogP contribution is 2.39. The number of rotatable bonds is 5. The Morgan fingerprint density at radius 3 is 2.86 bits per heavy atom. The third kappa shape index (κ3) is 4.47. The summed E-state index contributed by atoms with van der Waals surface area (Å²) in [5, 5.41) is 13.6. The van der Waals surface area contributed by atoms with Gasteiger partial charge in [0.05, 0.1) is 23.9 Å². The summed E-state index contributed by atoms with van der Waals surface area (Å²) < 4.78 is 6.13. The molecular weight excluding hydrogens is 372 g/mol. The molecule has 29 heavy (non-hydrogen) atoms. The summed E-state index contributed by atoms with van der Waals surface area (Å²) in [5.74, 6) is 0.675. The van der Waals surface area contributed by atoms with Gasteiger partial charge in [-0.25, -0.2) is 9.97 Å². The molecule has 1 amide bonds. The Morgan fingerprint density at radius 2 is 2.17 bits per heavy atom. The topological polar surface area (TPSA) is 116 Å². The summed E-state index contributed by atoms with van der Waals surface area (Å²) in [5.41, 5.74) is -0.859. The van der Waals surface area contributed by atoms with Crippen molar-refractivity contribution in [1.29, 1.82) is 0 Å². The maximum atomic E-state index is 12.6. The zero-order valence-electron chi connectivity index (χ0n) is 16.7. The fraction of sp³-hybridized carbons (Fsp3) is 0.600. The van der Waals surface area contributed by atoms with Crippen LogP contribution in [0.1, 0.15) is 42.5 Å². The molecule has 3 N–H and O–H groups in total. The highest BCUT2D eigenvalue weighted by atomic mass is 16.5. The molecule has 2 aromatic heterocycles. The SMILES string of the molecule is C[C@@]1(NC(=O)c2cnccn2)CC2(CCN(CCc3ncc[nH]3)CC2)OC[C@H]1O. The largest absolute Gasteiger partial charge is 0.388 e. The molecule has 4 rings (SSSR count). The van der Waals surface area contributed by atoms with E-state index >= 15 is 0 Å². The van der Waals surface area contributed by atoms with Crippen LogP contribution in [-0.4, -0.2) is 79.3 Å². The van der Waals surface area contributed by atoms with Crippen LogP contribution < -0.4 is 5.32 Å². The van der Waals surface area contributed by atoms with Gasteiger partial charge in [0, 0.05) is 57.3 Å². The van der Waals surface area contributed by atoms with E-state index in [4.69, 9.17) is 4.74 Å². The van der Waals surface area contributed by atoms with Gasteiger partial charge in [0.2, 0.25) is 0 Å². The number of H-pyrrole nitrogens is 1. The Hall–Kier alpha value is -2.36. The lowest BCUT2D eigenvalue weighted by atomic mass is 9.74. The number of ether oxygens (including phenoxy) is 1. The molecule has 0 aromatic carbocycles. The molecule has 0 saturated carbocycles. The van der Waals surface area contributed by atoms with Crippen LogP contribution in [0.2, 0.25) is 0 Å². The summed E-state index contributed by atoms with van der Waals surface area (Å²) in [7, 11) is 0. The number of piperidine rings is 1. The van der Waals surface area contributed by atoms with Crippen molar-refractivity contribution in [2.75, 3.05) is 26.2 Å². The minimum Gasteiger partial charge on any atom is -0.388 e. The molecule has 2 fully saturated rings. The predicted molar refractivity (Wildman–Crippen MR) is 105 cm³/mol. The molecule has 0 aliphatic carbocycles. The van der Waals surface area contributed by atoms with E-state index in [9.17, 15) is 9.90 Å². The van der Waals surface area contributed by atoms with Gasteiger partial charge < -0.3 is 25.0 Å². The summed E-state index contributed by atoms with van der Waals surface area (Å²) >= 11 is 0. The maximum absolute atomic E-state index is 12.6. The molecule has 2 aliphatic heterocycles. The van der Waals surface area contributed by atoms with E-state index < -0.39 is 11.6 Å². The number of aromatic amines is 1. The van der Waals surface area contributed by atoms with Crippen molar-refractivity contribution in [3.05, 3.63) is 42.5 Å². The number of nitrogens with zero attached hydrogens (tertiary/aromatic N) is 4. The van der Waals surface area contributed by atoms with Crippen LogP contribution in [0.5, 0.6) is 0 Å². The normalized spacial score (nSPS) is 27.0. The Balaban J connectivity index is 1.36. The summed E-state index contributed by atoms with van der Waals surface area (Å²) in [6, 6.07) is 0. The lowest BCUT2D eigenvalue weighted by Gasteiger charge is -2.52. The molecule has 9 nitrogen and oxygen atoms in total. The van der Waals surface area contributed by atoms with Gasteiger partial charge in [-0.05, 0) is 19.8 Å². The van der Waals surface area contributed by atoms with Crippen LogP contribution in [0, 0.1) is 0 Å². The van der Waals surface area contributed by atoms with Crippen LogP contribution >= 0.6 is 0 Å². The van der Waals surface area contributed by atoms with E-state index in [2.05, 4.69) is 30.2 Å². The number of likely N-dealkylation sites (tertiary alicyclic amines) is 1. The molecule has 9 heteroatoms. The molecule has 2 atom stereocenters. The van der Waals surface area contributed by atoms with Crippen LogP contribution in [0.25, 0.3) is 0 Å². The number of hydrogen-bond acceptors (Lipinski definition) is 7. The Morgan fingerprint density at radius 1 is 1.34 bits per heavy atom. The second kappa shape index (κ2) is 8.17. The van der Waals surface area contributed by atoms with Gasteiger partial charge in [0.1, 0.15) is 17.6 Å². The fourth-order valence-electron chi connectivity index (χ4n) is 4.35. The number of aliphatic hydroxyl groups excluding tert-OH is 1. The average Bonchev–Trinajstić information content (AvgIpc) is 3.25. The van der Waals surface area contributed by atoms with Crippen molar-refractivity contribution in [3.63, 3.8) is 0 Å². The van der Waals surface area contributed by atoms with E-state index in [-0.39, 0.29) is 23.8 Å². The van der Waals surface area contributed by atoms with Crippen molar-refractivity contribution in [1.82, 2.24) is 30.2 Å². The quantitative estimate of drug-likeness (QED) is 0.671. The van der Waals surface area contributed by atoms with Gasteiger partial charge in [-0.15, -0.1) is 0 Å². The number of aromatic nitrogens is 4.